The van der Waals surface area contributed by atoms with E-state index >= 15 is 0 Å². The highest BCUT2D eigenvalue weighted by Crippen LogP contribution is 2.22. The summed E-state index contributed by atoms with van der Waals surface area (Å²) in [4.78, 5) is 2.98. The van der Waals surface area contributed by atoms with Gasteiger partial charge in [-0.05, 0) is 23.8 Å². The van der Waals surface area contributed by atoms with E-state index in [-0.39, 0.29) is 0 Å². The molecule has 0 bridgehead atoms. The average Bonchev–Trinajstić information content (AvgIpc) is 2.74. The zero-order valence-corrected chi connectivity index (χ0v) is 8.91. The van der Waals surface area contributed by atoms with Gasteiger partial charge in [-0.15, -0.1) is 0 Å². The molecule has 0 radical (unpaired) electrons. The van der Waals surface area contributed by atoms with Crippen LogP contribution in [0, 0.1) is 0 Å². The van der Waals surface area contributed by atoms with Gasteiger partial charge in [0, 0.05) is 23.3 Å². The van der Waals surface area contributed by atoms with Crippen molar-refractivity contribution in [2.75, 3.05) is 0 Å². The van der Waals surface area contributed by atoms with Gasteiger partial charge in [0.15, 0.2) is 0 Å². The molecule has 0 amide bonds. The zero-order chi connectivity index (χ0) is 10.7. The second-order valence-corrected chi connectivity index (χ2v) is 3.84. The van der Waals surface area contributed by atoms with Gasteiger partial charge in [-0.2, -0.15) is 0 Å². The van der Waals surface area contributed by atoms with Crippen LogP contribution in [0.5, 0.6) is 0 Å². The number of rotatable bonds is 3. The Hall–Kier alpha value is -1.25. The first-order valence-electron chi connectivity index (χ1n) is 4.82. The van der Waals surface area contributed by atoms with Gasteiger partial charge < -0.3 is 10.1 Å². The summed E-state index contributed by atoms with van der Waals surface area (Å²) in [6, 6.07) is 11.3. The first-order chi connectivity index (χ1) is 7.27. The predicted octanol–water partition coefficient (Wildman–Crippen LogP) is 2.94. The van der Waals surface area contributed by atoms with E-state index in [1.54, 1.807) is 6.20 Å². The quantitative estimate of drug-likeness (QED) is 0.822. The monoisotopic (exact) mass is 221 g/mol. The number of nitrogens with one attached hydrogen (secondary N) is 1. The summed E-state index contributed by atoms with van der Waals surface area (Å²) in [5.41, 5.74) is 1.77. The van der Waals surface area contributed by atoms with Crippen molar-refractivity contribution in [3.8, 4) is 0 Å². The third-order valence-corrected chi connectivity index (χ3v) is 2.72. The number of halogens is 1. The van der Waals surface area contributed by atoms with E-state index in [4.69, 9.17) is 11.6 Å². The molecule has 2 aromatic rings. The van der Waals surface area contributed by atoms with Crippen LogP contribution < -0.4 is 0 Å². The van der Waals surface area contributed by atoms with Crippen LogP contribution in [-0.4, -0.2) is 10.1 Å². The summed E-state index contributed by atoms with van der Waals surface area (Å²) in [5.74, 6) is 0. The number of aliphatic hydroxyl groups excluding tert-OH is 1. The minimum absolute atomic E-state index is 0.528. The van der Waals surface area contributed by atoms with Crippen LogP contribution in [0.25, 0.3) is 0 Å². The van der Waals surface area contributed by atoms with Crippen molar-refractivity contribution in [3.05, 3.63) is 58.9 Å². The van der Waals surface area contributed by atoms with Crippen LogP contribution in [0.2, 0.25) is 5.02 Å². The Morgan fingerprint density at radius 1 is 1.20 bits per heavy atom. The highest BCUT2D eigenvalue weighted by atomic mass is 35.5. The van der Waals surface area contributed by atoms with Crippen LogP contribution in [0.4, 0.5) is 0 Å². The van der Waals surface area contributed by atoms with Gasteiger partial charge in [-0.1, -0.05) is 29.8 Å². The fourth-order valence-electron chi connectivity index (χ4n) is 1.53. The minimum atomic E-state index is -0.528. The molecule has 0 aliphatic rings. The second-order valence-electron chi connectivity index (χ2n) is 3.44. The summed E-state index contributed by atoms with van der Waals surface area (Å²) in [7, 11) is 0. The van der Waals surface area contributed by atoms with Gasteiger partial charge in [0.25, 0.3) is 0 Å². The molecule has 1 unspecified atom stereocenters. The van der Waals surface area contributed by atoms with Crippen LogP contribution in [0.1, 0.15) is 17.4 Å². The first kappa shape index (κ1) is 10.3. The second kappa shape index (κ2) is 4.51. The smallest absolute Gasteiger partial charge is 0.0978 e. The SMILES string of the molecule is OC(Cc1ccccc1Cl)c1ccc[nH]1. The van der Waals surface area contributed by atoms with Crippen molar-refractivity contribution in [3.63, 3.8) is 0 Å². The lowest BCUT2D eigenvalue weighted by molar-refractivity contribution is 0.174. The van der Waals surface area contributed by atoms with E-state index in [0.29, 0.717) is 11.4 Å². The summed E-state index contributed by atoms with van der Waals surface area (Å²) in [5, 5.41) is 10.6. The van der Waals surface area contributed by atoms with Crippen LogP contribution in [-0.2, 0) is 6.42 Å². The molecule has 0 fully saturated rings. The largest absolute Gasteiger partial charge is 0.387 e. The van der Waals surface area contributed by atoms with E-state index in [0.717, 1.165) is 11.3 Å². The highest BCUT2D eigenvalue weighted by molar-refractivity contribution is 6.31. The van der Waals surface area contributed by atoms with Gasteiger partial charge >= 0.3 is 0 Å². The van der Waals surface area contributed by atoms with E-state index in [2.05, 4.69) is 4.98 Å². The molecule has 1 aromatic heterocycles. The van der Waals surface area contributed by atoms with Gasteiger partial charge in [-0.25, -0.2) is 0 Å². The molecule has 2 rings (SSSR count). The first-order valence-corrected chi connectivity index (χ1v) is 5.20. The van der Waals surface area contributed by atoms with Crippen molar-refractivity contribution in [1.29, 1.82) is 0 Å². The van der Waals surface area contributed by atoms with Crippen molar-refractivity contribution in [2.45, 2.75) is 12.5 Å². The lowest BCUT2D eigenvalue weighted by atomic mass is 10.1. The number of hydrogen-bond acceptors (Lipinski definition) is 1. The summed E-state index contributed by atoms with van der Waals surface area (Å²) in [6.45, 7) is 0. The van der Waals surface area contributed by atoms with Gasteiger partial charge in [-0.3, -0.25) is 0 Å². The molecule has 2 nitrogen and oxygen atoms in total. The maximum Gasteiger partial charge on any atom is 0.0978 e. The van der Waals surface area contributed by atoms with Gasteiger partial charge in [0.05, 0.1) is 6.10 Å². The third kappa shape index (κ3) is 2.41. The van der Waals surface area contributed by atoms with Crippen LogP contribution in [0.3, 0.4) is 0 Å². The molecule has 1 atom stereocenters. The predicted molar refractivity (Wildman–Crippen MR) is 60.9 cm³/mol. The zero-order valence-electron chi connectivity index (χ0n) is 8.15. The van der Waals surface area contributed by atoms with Crippen LogP contribution >= 0.6 is 11.6 Å². The number of benzene rings is 1. The molecule has 1 heterocycles. The fraction of sp³-hybridized carbons (Fsp3) is 0.167. The molecular weight excluding hydrogens is 210 g/mol. The number of aromatic nitrogens is 1. The summed E-state index contributed by atoms with van der Waals surface area (Å²) in [6.07, 6.45) is 1.80. The molecular formula is C12H12ClNO. The third-order valence-electron chi connectivity index (χ3n) is 2.35. The Balaban J connectivity index is 2.13. The van der Waals surface area contributed by atoms with Crippen molar-refractivity contribution in [1.82, 2.24) is 4.98 Å². The van der Waals surface area contributed by atoms with Gasteiger partial charge in [0.2, 0.25) is 0 Å². The maximum absolute atomic E-state index is 9.90. The summed E-state index contributed by atoms with van der Waals surface area (Å²) < 4.78 is 0. The molecule has 1 aromatic carbocycles. The van der Waals surface area contributed by atoms with Crippen molar-refractivity contribution < 1.29 is 5.11 Å². The van der Waals surface area contributed by atoms with Gasteiger partial charge in [0.1, 0.15) is 0 Å². The Bertz CT molecular complexity index is 425. The molecule has 3 heteroatoms. The van der Waals surface area contributed by atoms with E-state index < -0.39 is 6.10 Å². The average molecular weight is 222 g/mol. The fourth-order valence-corrected chi connectivity index (χ4v) is 1.75. The molecule has 0 aliphatic carbocycles. The number of H-pyrrole nitrogens is 1. The molecule has 0 aliphatic heterocycles. The van der Waals surface area contributed by atoms with Crippen molar-refractivity contribution >= 4 is 11.6 Å². The normalized spacial score (nSPS) is 12.7. The molecule has 15 heavy (non-hydrogen) atoms. The standard InChI is InChI=1S/C12H12ClNO/c13-10-5-2-1-4-9(10)8-12(15)11-6-3-7-14-11/h1-7,12,14-15H,8H2. The number of aromatic amines is 1. The summed E-state index contributed by atoms with van der Waals surface area (Å²) >= 11 is 6.01. The maximum atomic E-state index is 9.90. The van der Waals surface area contributed by atoms with E-state index in [1.807, 2.05) is 36.4 Å². The lowest BCUT2D eigenvalue weighted by Gasteiger charge is -2.09. The topological polar surface area (TPSA) is 36.0 Å². The van der Waals surface area contributed by atoms with Crippen LogP contribution in [0.15, 0.2) is 42.6 Å². The van der Waals surface area contributed by atoms with Crippen molar-refractivity contribution in [2.24, 2.45) is 0 Å². The molecule has 78 valence electrons. The lowest BCUT2D eigenvalue weighted by Crippen LogP contribution is -2.02. The Morgan fingerprint density at radius 2 is 2.00 bits per heavy atom. The molecule has 0 saturated carbocycles. The Labute approximate surface area is 93.5 Å². The Kier molecular flexibility index (Phi) is 3.09. The van der Waals surface area contributed by atoms with E-state index in [1.165, 1.54) is 0 Å². The number of hydrogen-bond donors (Lipinski definition) is 2. The molecule has 0 spiro atoms. The molecule has 2 N–H and O–H groups in total. The number of aliphatic hydroxyl groups is 1. The molecule has 0 saturated heterocycles. The minimum Gasteiger partial charge on any atom is -0.387 e. The highest BCUT2D eigenvalue weighted by Gasteiger charge is 2.10. The Morgan fingerprint density at radius 3 is 2.67 bits per heavy atom. The van der Waals surface area contributed by atoms with E-state index in [9.17, 15) is 5.11 Å².